The fourth-order valence-electron chi connectivity index (χ4n) is 2.81. The minimum Gasteiger partial charge on any atom is -0.293 e. The number of hydrogen-bond donors (Lipinski definition) is 0. The van der Waals surface area contributed by atoms with E-state index in [2.05, 4.69) is 0 Å². The molecular weight excluding hydrogens is 336 g/mol. The van der Waals surface area contributed by atoms with Crippen molar-refractivity contribution in [1.29, 1.82) is 0 Å². The molecule has 2 aromatic rings. The van der Waals surface area contributed by atoms with Gasteiger partial charge >= 0.3 is 0 Å². The molecule has 2 aliphatic rings. The van der Waals surface area contributed by atoms with Crippen molar-refractivity contribution in [3.05, 3.63) is 83.9 Å². The highest BCUT2D eigenvalue weighted by molar-refractivity contribution is 8.14. The normalized spacial score (nSPS) is 23.3. The van der Waals surface area contributed by atoms with Gasteiger partial charge in [0.25, 0.3) is 0 Å². The number of thioether (sulfide) groups is 2. The van der Waals surface area contributed by atoms with E-state index in [0.29, 0.717) is 0 Å². The molecule has 2 heterocycles. The van der Waals surface area contributed by atoms with Crippen LogP contribution in [0, 0.1) is 0 Å². The molecule has 24 heavy (non-hydrogen) atoms. The Hall–Kier alpha value is -2.04. The summed E-state index contributed by atoms with van der Waals surface area (Å²) in [5.74, 6) is 0.0693. The van der Waals surface area contributed by atoms with Crippen molar-refractivity contribution >= 4 is 44.9 Å². The van der Waals surface area contributed by atoms with Crippen LogP contribution in [0.4, 0.5) is 0 Å². The zero-order valence-electron chi connectivity index (χ0n) is 12.7. The maximum atomic E-state index is 12.4. The summed E-state index contributed by atoms with van der Waals surface area (Å²) in [6, 6.07) is 19.7. The van der Waals surface area contributed by atoms with Gasteiger partial charge in [0.2, 0.25) is 0 Å². The van der Waals surface area contributed by atoms with Gasteiger partial charge in [0.15, 0.2) is 11.6 Å². The van der Waals surface area contributed by atoms with E-state index in [1.165, 1.54) is 23.5 Å². The van der Waals surface area contributed by atoms with Gasteiger partial charge in [0.05, 0.1) is 10.5 Å². The van der Waals surface area contributed by atoms with Gasteiger partial charge in [-0.25, -0.2) is 0 Å². The van der Waals surface area contributed by atoms with Crippen LogP contribution in [0.3, 0.4) is 0 Å². The van der Waals surface area contributed by atoms with Gasteiger partial charge in [-0.2, -0.15) is 0 Å². The predicted molar refractivity (Wildman–Crippen MR) is 102 cm³/mol. The fourth-order valence-corrected chi connectivity index (χ4v) is 5.49. The molecular formula is C20H14O2S2. The maximum absolute atomic E-state index is 12.4. The van der Waals surface area contributed by atoms with Gasteiger partial charge in [0, 0.05) is 9.81 Å². The molecule has 0 aromatic heterocycles. The highest BCUT2D eigenvalue weighted by atomic mass is 32.2. The third kappa shape index (κ3) is 2.87. The van der Waals surface area contributed by atoms with E-state index in [-0.39, 0.29) is 22.1 Å². The van der Waals surface area contributed by atoms with Crippen molar-refractivity contribution in [2.75, 3.05) is 0 Å². The molecule has 4 rings (SSSR count). The van der Waals surface area contributed by atoms with E-state index in [4.69, 9.17) is 0 Å². The molecule has 0 fully saturated rings. The van der Waals surface area contributed by atoms with Crippen LogP contribution in [0.2, 0.25) is 0 Å². The van der Waals surface area contributed by atoms with Crippen molar-refractivity contribution in [2.24, 2.45) is 0 Å². The Bertz CT molecular complexity index is 780. The van der Waals surface area contributed by atoms with Crippen LogP contribution < -0.4 is 0 Å². The van der Waals surface area contributed by atoms with Crippen LogP contribution in [0.25, 0.3) is 9.81 Å². The van der Waals surface area contributed by atoms with Gasteiger partial charge in [-0.3, -0.25) is 9.59 Å². The smallest absolute Gasteiger partial charge is 0.171 e. The van der Waals surface area contributed by atoms with Crippen molar-refractivity contribution in [1.82, 2.24) is 0 Å². The first-order valence-corrected chi connectivity index (χ1v) is 9.43. The Morgan fingerprint density at radius 2 is 0.958 bits per heavy atom. The summed E-state index contributed by atoms with van der Waals surface area (Å²) >= 11 is 3.01. The number of allylic oxidation sites excluding steroid dienone is 2. The molecule has 0 bridgehead atoms. The number of rotatable bonds is 3. The van der Waals surface area contributed by atoms with Crippen LogP contribution in [0.5, 0.6) is 0 Å². The highest BCUT2D eigenvalue weighted by Gasteiger charge is 2.41. The molecule has 0 N–H and O–H groups in total. The second-order valence-electron chi connectivity index (χ2n) is 5.63. The minimum atomic E-state index is -0.338. The molecule has 2 atom stereocenters. The van der Waals surface area contributed by atoms with Crippen molar-refractivity contribution in [2.45, 2.75) is 10.5 Å². The lowest BCUT2D eigenvalue weighted by molar-refractivity contribution is -0.118. The van der Waals surface area contributed by atoms with Crippen molar-refractivity contribution in [3.8, 4) is 0 Å². The second-order valence-corrected chi connectivity index (χ2v) is 8.00. The second kappa shape index (κ2) is 6.46. The monoisotopic (exact) mass is 350 g/mol. The standard InChI is InChI=1S/C20H14O2S2/c21-15-11-17(13-7-3-1-4-8-13)23-19(15)20-16(22)12-18(24-20)14-9-5-2-6-10-14/h1-12,19-20H. The quantitative estimate of drug-likeness (QED) is 0.820. The van der Waals surface area contributed by atoms with Crippen molar-refractivity contribution < 1.29 is 9.59 Å². The van der Waals surface area contributed by atoms with E-state index in [1.807, 2.05) is 60.7 Å². The van der Waals surface area contributed by atoms with Gasteiger partial charge in [-0.1, -0.05) is 60.7 Å². The summed E-state index contributed by atoms with van der Waals surface area (Å²) in [7, 11) is 0. The number of ketones is 2. The fraction of sp³-hybridized carbons (Fsp3) is 0.100. The zero-order chi connectivity index (χ0) is 16.5. The number of benzene rings is 2. The topological polar surface area (TPSA) is 34.1 Å². The van der Waals surface area contributed by atoms with Crippen LogP contribution in [-0.2, 0) is 9.59 Å². The number of hydrogen-bond acceptors (Lipinski definition) is 4. The van der Waals surface area contributed by atoms with E-state index in [0.717, 1.165) is 20.9 Å². The molecule has 118 valence electrons. The van der Waals surface area contributed by atoms with Crippen LogP contribution in [0.15, 0.2) is 72.8 Å². The van der Waals surface area contributed by atoms with Gasteiger partial charge in [-0.15, -0.1) is 23.5 Å². The molecule has 2 aliphatic heterocycles. The summed E-state index contributed by atoms with van der Waals surface area (Å²) < 4.78 is 0. The Morgan fingerprint density at radius 3 is 1.33 bits per heavy atom. The zero-order valence-corrected chi connectivity index (χ0v) is 14.3. The summed E-state index contributed by atoms with van der Waals surface area (Å²) in [6.07, 6.45) is 3.36. The maximum Gasteiger partial charge on any atom is 0.171 e. The Balaban J connectivity index is 1.53. The van der Waals surface area contributed by atoms with E-state index >= 15 is 0 Å². The average molecular weight is 350 g/mol. The molecule has 0 saturated carbocycles. The number of carbonyl (C=O) groups is 2. The van der Waals surface area contributed by atoms with Gasteiger partial charge in [-0.05, 0) is 23.3 Å². The third-order valence-corrected chi connectivity index (χ3v) is 6.91. The summed E-state index contributed by atoms with van der Waals surface area (Å²) in [4.78, 5) is 26.8. The first-order chi connectivity index (χ1) is 11.7. The Morgan fingerprint density at radius 1 is 0.583 bits per heavy atom. The highest BCUT2D eigenvalue weighted by Crippen LogP contribution is 2.47. The molecule has 0 aliphatic carbocycles. The summed E-state index contributed by atoms with van der Waals surface area (Å²) in [6.45, 7) is 0. The van der Waals surface area contributed by atoms with E-state index in [1.54, 1.807) is 12.2 Å². The molecule has 0 spiro atoms. The summed E-state index contributed by atoms with van der Waals surface area (Å²) in [5.41, 5.74) is 2.06. The summed E-state index contributed by atoms with van der Waals surface area (Å²) in [5, 5.41) is -0.676. The predicted octanol–water partition coefficient (Wildman–Crippen LogP) is 4.44. The van der Waals surface area contributed by atoms with Crippen LogP contribution >= 0.6 is 23.5 Å². The molecule has 2 aromatic carbocycles. The molecule has 2 unspecified atom stereocenters. The average Bonchev–Trinajstić information content (AvgIpc) is 3.19. The van der Waals surface area contributed by atoms with E-state index < -0.39 is 0 Å². The molecule has 4 heteroatoms. The lowest BCUT2D eigenvalue weighted by Gasteiger charge is -2.15. The Labute approximate surface area is 149 Å². The Kier molecular flexibility index (Phi) is 4.17. The lowest BCUT2D eigenvalue weighted by Crippen LogP contribution is -2.29. The van der Waals surface area contributed by atoms with E-state index in [9.17, 15) is 9.59 Å². The molecule has 2 nitrogen and oxygen atoms in total. The minimum absolute atomic E-state index is 0.0346. The SMILES string of the molecule is O=C1C=C(c2ccccc2)SC1C1SC(c2ccccc2)=CC1=O. The lowest BCUT2D eigenvalue weighted by atomic mass is 10.1. The van der Waals surface area contributed by atoms with Crippen LogP contribution in [-0.4, -0.2) is 22.1 Å². The first kappa shape index (κ1) is 15.5. The van der Waals surface area contributed by atoms with Crippen molar-refractivity contribution in [3.63, 3.8) is 0 Å². The molecule has 0 saturated heterocycles. The first-order valence-electron chi connectivity index (χ1n) is 7.67. The number of carbonyl (C=O) groups excluding carboxylic acids is 2. The largest absolute Gasteiger partial charge is 0.293 e. The molecule has 0 amide bonds. The van der Waals surface area contributed by atoms with Crippen LogP contribution in [0.1, 0.15) is 11.1 Å². The third-order valence-electron chi connectivity index (χ3n) is 4.01. The van der Waals surface area contributed by atoms with Gasteiger partial charge < -0.3 is 0 Å². The molecule has 0 radical (unpaired) electrons. The van der Waals surface area contributed by atoms with Gasteiger partial charge in [0.1, 0.15) is 0 Å².